The summed E-state index contributed by atoms with van der Waals surface area (Å²) in [6.07, 6.45) is 0. The minimum atomic E-state index is -0.208. The molecule has 1 N–H and O–H groups in total. The molecular weight excluding hydrogens is 338 g/mol. The molecule has 0 saturated heterocycles. The molecule has 0 aliphatic heterocycles. The molecule has 0 aliphatic carbocycles. The van der Waals surface area contributed by atoms with Gasteiger partial charge in [-0.25, -0.2) is 9.97 Å². The standard InChI is InChI=1S/C18H15N3O3S/c1-9-4-7-14(23-9)18-19-10(2)16(25-18)17(22)21-12-5-6-13-15(8-12)24-11(3)20-13/h4-8H,1-3H3,(H,21,22). The summed E-state index contributed by atoms with van der Waals surface area (Å²) in [6.45, 7) is 5.48. The molecule has 3 aromatic heterocycles. The molecule has 1 aromatic carbocycles. The molecule has 0 radical (unpaired) electrons. The van der Waals surface area contributed by atoms with Crippen LogP contribution in [0.2, 0.25) is 0 Å². The quantitative estimate of drug-likeness (QED) is 0.576. The first-order valence-electron chi connectivity index (χ1n) is 7.72. The van der Waals surface area contributed by atoms with Crippen molar-refractivity contribution in [2.75, 3.05) is 5.32 Å². The number of amides is 1. The number of nitrogens with zero attached hydrogens (tertiary/aromatic N) is 2. The second-order valence-corrected chi connectivity index (χ2v) is 6.71. The van der Waals surface area contributed by atoms with E-state index >= 15 is 0 Å². The Morgan fingerprint density at radius 2 is 1.92 bits per heavy atom. The van der Waals surface area contributed by atoms with E-state index in [1.165, 1.54) is 11.3 Å². The molecule has 4 aromatic rings. The maximum absolute atomic E-state index is 12.6. The van der Waals surface area contributed by atoms with Crippen molar-refractivity contribution in [3.63, 3.8) is 0 Å². The van der Waals surface area contributed by atoms with Gasteiger partial charge < -0.3 is 14.2 Å². The first-order chi connectivity index (χ1) is 12.0. The average molecular weight is 353 g/mol. The third kappa shape index (κ3) is 2.94. The average Bonchev–Trinajstić information content (AvgIpc) is 3.24. The van der Waals surface area contributed by atoms with E-state index in [4.69, 9.17) is 8.83 Å². The van der Waals surface area contributed by atoms with E-state index in [-0.39, 0.29) is 5.91 Å². The van der Waals surface area contributed by atoms with E-state index in [2.05, 4.69) is 15.3 Å². The molecule has 7 heteroatoms. The fraction of sp³-hybridized carbons (Fsp3) is 0.167. The molecule has 0 fully saturated rings. The number of hydrogen-bond donors (Lipinski definition) is 1. The van der Waals surface area contributed by atoms with E-state index < -0.39 is 0 Å². The highest BCUT2D eigenvalue weighted by molar-refractivity contribution is 7.17. The lowest BCUT2D eigenvalue weighted by Crippen LogP contribution is -2.11. The molecule has 1 amide bonds. The number of aromatic nitrogens is 2. The Balaban J connectivity index is 1.60. The smallest absolute Gasteiger partial charge is 0.267 e. The number of furan rings is 1. The summed E-state index contributed by atoms with van der Waals surface area (Å²) in [5.41, 5.74) is 2.73. The van der Waals surface area contributed by atoms with Crippen molar-refractivity contribution >= 4 is 34.0 Å². The molecule has 0 aliphatic rings. The van der Waals surface area contributed by atoms with Crippen LogP contribution in [-0.2, 0) is 0 Å². The highest BCUT2D eigenvalue weighted by Crippen LogP contribution is 2.30. The van der Waals surface area contributed by atoms with Gasteiger partial charge >= 0.3 is 0 Å². The van der Waals surface area contributed by atoms with Crippen molar-refractivity contribution in [3.05, 3.63) is 52.6 Å². The Bertz CT molecular complexity index is 1090. The van der Waals surface area contributed by atoms with Crippen LogP contribution in [-0.4, -0.2) is 15.9 Å². The number of benzene rings is 1. The van der Waals surface area contributed by atoms with Gasteiger partial charge in [0.05, 0.1) is 5.69 Å². The topological polar surface area (TPSA) is 81.2 Å². The number of carbonyl (C=O) groups is 1. The molecule has 0 saturated carbocycles. The summed E-state index contributed by atoms with van der Waals surface area (Å²) < 4.78 is 11.1. The molecule has 3 heterocycles. The number of nitrogens with one attached hydrogen (secondary N) is 1. The molecule has 126 valence electrons. The van der Waals surface area contributed by atoms with Crippen LogP contribution in [0.25, 0.3) is 21.9 Å². The zero-order valence-electron chi connectivity index (χ0n) is 13.9. The van der Waals surface area contributed by atoms with Crippen molar-refractivity contribution in [2.45, 2.75) is 20.8 Å². The van der Waals surface area contributed by atoms with Gasteiger partial charge in [-0.15, -0.1) is 11.3 Å². The third-order valence-corrected chi connectivity index (χ3v) is 4.88. The number of fused-ring (bicyclic) bond motifs is 1. The molecule has 25 heavy (non-hydrogen) atoms. The monoisotopic (exact) mass is 353 g/mol. The summed E-state index contributed by atoms with van der Waals surface area (Å²) in [7, 11) is 0. The van der Waals surface area contributed by atoms with Crippen molar-refractivity contribution in [1.29, 1.82) is 0 Å². The van der Waals surface area contributed by atoms with Gasteiger partial charge in [-0.05, 0) is 38.1 Å². The number of aryl methyl sites for hydroxylation is 3. The first-order valence-corrected chi connectivity index (χ1v) is 8.54. The minimum absolute atomic E-state index is 0.208. The van der Waals surface area contributed by atoms with Crippen LogP contribution >= 0.6 is 11.3 Å². The maximum Gasteiger partial charge on any atom is 0.267 e. The molecule has 6 nitrogen and oxygen atoms in total. The van der Waals surface area contributed by atoms with E-state index in [1.807, 2.05) is 32.0 Å². The van der Waals surface area contributed by atoms with Gasteiger partial charge in [0.25, 0.3) is 5.91 Å². The molecule has 0 bridgehead atoms. The number of anilines is 1. The number of carbonyl (C=O) groups excluding carboxylic acids is 1. The van der Waals surface area contributed by atoms with Crippen molar-refractivity contribution in [3.8, 4) is 10.8 Å². The second-order valence-electron chi connectivity index (χ2n) is 5.71. The Morgan fingerprint density at radius 1 is 1.08 bits per heavy atom. The van der Waals surface area contributed by atoms with Gasteiger partial charge in [-0.3, -0.25) is 4.79 Å². The van der Waals surface area contributed by atoms with E-state index in [0.29, 0.717) is 38.5 Å². The van der Waals surface area contributed by atoms with Crippen molar-refractivity contribution in [2.24, 2.45) is 0 Å². The summed E-state index contributed by atoms with van der Waals surface area (Å²) in [5.74, 6) is 1.86. The summed E-state index contributed by atoms with van der Waals surface area (Å²) in [5, 5.41) is 3.58. The van der Waals surface area contributed by atoms with Crippen LogP contribution in [0.15, 0.2) is 39.2 Å². The van der Waals surface area contributed by atoms with Gasteiger partial charge in [0.1, 0.15) is 16.2 Å². The normalized spacial score (nSPS) is 11.2. The highest BCUT2D eigenvalue weighted by Gasteiger charge is 2.18. The fourth-order valence-corrected chi connectivity index (χ4v) is 3.49. The van der Waals surface area contributed by atoms with Gasteiger partial charge in [-0.1, -0.05) is 0 Å². The predicted molar refractivity (Wildman–Crippen MR) is 96.0 cm³/mol. The van der Waals surface area contributed by atoms with Crippen LogP contribution in [0.4, 0.5) is 5.69 Å². The SMILES string of the molecule is Cc1ccc(-c2nc(C)c(C(=O)Nc3ccc4nc(C)oc4c3)s2)o1. The summed E-state index contributed by atoms with van der Waals surface area (Å²) >= 11 is 1.31. The lowest BCUT2D eigenvalue weighted by Gasteiger charge is -2.03. The first kappa shape index (κ1) is 15.6. The maximum atomic E-state index is 12.6. The van der Waals surface area contributed by atoms with Crippen LogP contribution < -0.4 is 5.32 Å². The molecule has 0 unspecified atom stereocenters. The Kier molecular flexibility index (Phi) is 3.65. The number of oxazole rings is 1. The molecular formula is C18H15N3O3S. The van der Waals surface area contributed by atoms with Gasteiger partial charge in [-0.2, -0.15) is 0 Å². The van der Waals surface area contributed by atoms with Crippen molar-refractivity contribution < 1.29 is 13.6 Å². The Labute approximate surface area is 147 Å². The summed E-state index contributed by atoms with van der Waals surface area (Å²) in [6, 6.07) is 9.11. The van der Waals surface area contributed by atoms with Gasteiger partial charge in [0, 0.05) is 18.7 Å². The predicted octanol–water partition coefficient (Wildman–Crippen LogP) is 4.72. The third-order valence-electron chi connectivity index (χ3n) is 3.71. The largest absolute Gasteiger partial charge is 0.459 e. The minimum Gasteiger partial charge on any atom is -0.459 e. The number of thiazole rings is 1. The second kappa shape index (κ2) is 5.86. The zero-order chi connectivity index (χ0) is 17.6. The molecule has 4 rings (SSSR count). The van der Waals surface area contributed by atoms with E-state index in [1.54, 1.807) is 19.1 Å². The highest BCUT2D eigenvalue weighted by atomic mass is 32.1. The number of rotatable bonds is 3. The van der Waals surface area contributed by atoms with Gasteiger partial charge in [0.15, 0.2) is 22.2 Å². The van der Waals surface area contributed by atoms with Crippen LogP contribution in [0, 0.1) is 20.8 Å². The Hall–Kier alpha value is -2.93. The molecule has 0 spiro atoms. The lowest BCUT2D eigenvalue weighted by atomic mass is 10.2. The zero-order valence-corrected chi connectivity index (χ0v) is 14.7. The fourth-order valence-electron chi connectivity index (χ4n) is 2.57. The van der Waals surface area contributed by atoms with Crippen LogP contribution in [0.1, 0.15) is 27.0 Å². The number of hydrogen-bond acceptors (Lipinski definition) is 6. The van der Waals surface area contributed by atoms with Crippen molar-refractivity contribution in [1.82, 2.24) is 9.97 Å². The van der Waals surface area contributed by atoms with Crippen LogP contribution in [0.3, 0.4) is 0 Å². The lowest BCUT2D eigenvalue weighted by molar-refractivity contribution is 0.103. The molecule has 0 atom stereocenters. The summed E-state index contributed by atoms with van der Waals surface area (Å²) in [4.78, 5) is 21.9. The van der Waals surface area contributed by atoms with E-state index in [9.17, 15) is 4.79 Å². The van der Waals surface area contributed by atoms with E-state index in [0.717, 1.165) is 11.3 Å². The Morgan fingerprint density at radius 3 is 2.68 bits per heavy atom. The van der Waals surface area contributed by atoms with Gasteiger partial charge in [0.2, 0.25) is 0 Å². The van der Waals surface area contributed by atoms with Crippen LogP contribution in [0.5, 0.6) is 0 Å².